The molecule has 1 heterocycles. The number of benzene rings is 1. The van der Waals surface area contributed by atoms with Crippen molar-refractivity contribution in [2.75, 3.05) is 0 Å². The fourth-order valence-electron chi connectivity index (χ4n) is 1.44. The van der Waals surface area contributed by atoms with Crippen LogP contribution >= 0.6 is 41.7 Å². The molecule has 0 spiro atoms. The van der Waals surface area contributed by atoms with Crippen LogP contribution in [-0.4, -0.2) is 16.1 Å². The minimum atomic E-state index is -4.71. The lowest BCUT2D eigenvalue weighted by Crippen LogP contribution is -2.17. The van der Waals surface area contributed by atoms with E-state index in [1.165, 1.54) is 37.9 Å². The van der Waals surface area contributed by atoms with Crippen molar-refractivity contribution in [3.63, 3.8) is 0 Å². The van der Waals surface area contributed by atoms with Gasteiger partial charge in [0, 0.05) is 27.4 Å². The lowest BCUT2D eigenvalue weighted by atomic mass is 10.3. The molecular formula is C12H5ClF3IN2OS. The second kappa shape index (κ2) is 6.81. The SMILES string of the molecule is FC(F)(F)Oc1ccc(-n2cc(C#CSI)c(Cl)n2)cc1. The van der Waals surface area contributed by atoms with E-state index in [9.17, 15) is 13.2 Å². The van der Waals surface area contributed by atoms with Crippen LogP contribution in [0.4, 0.5) is 13.2 Å². The summed E-state index contributed by atoms with van der Waals surface area (Å²) in [6.07, 6.45) is -3.11. The maximum Gasteiger partial charge on any atom is 0.573 e. The highest BCUT2D eigenvalue weighted by molar-refractivity contribution is 14.2. The Morgan fingerprint density at radius 1 is 1.29 bits per heavy atom. The van der Waals surface area contributed by atoms with Gasteiger partial charge >= 0.3 is 6.36 Å². The first-order valence-corrected chi connectivity index (χ1v) is 9.03. The normalized spacial score (nSPS) is 10.9. The quantitative estimate of drug-likeness (QED) is 0.491. The minimum Gasteiger partial charge on any atom is -0.406 e. The van der Waals surface area contributed by atoms with E-state index in [0.29, 0.717) is 11.3 Å². The molecule has 0 bridgehead atoms. The molecule has 2 rings (SSSR count). The van der Waals surface area contributed by atoms with E-state index in [4.69, 9.17) is 11.6 Å². The van der Waals surface area contributed by atoms with E-state index < -0.39 is 6.36 Å². The molecule has 0 saturated carbocycles. The first kappa shape index (κ1) is 16.3. The molecule has 0 aliphatic rings. The Balaban J connectivity index is 2.23. The van der Waals surface area contributed by atoms with Gasteiger partial charge in [0.05, 0.1) is 11.3 Å². The van der Waals surface area contributed by atoms with Crippen LogP contribution in [0.3, 0.4) is 0 Å². The second-order valence-electron chi connectivity index (χ2n) is 3.62. The molecule has 1 aromatic carbocycles. The molecule has 9 heteroatoms. The number of ether oxygens (including phenoxy) is 1. The minimum absolute atomic E-state index is 0.226. The second-order valence-corrected chi connectivity index (χ2v) is 5.66. The molecule has 0 aliphatic carbocycles. The number of hydrogen-bond donors (Lipinski definition) is 0. The third kappa shape index (κ3) is 4.72. The molecular weight excluding hydrogens is 440 g/mol. The molecule has 1 aromatic heterocycles. The lowest BCUT2D eigenvalue weighted by molar-refractivity contribution is -0.274. The summed E-state index contributed by atoms with van der Waals surface area (Å²) in [6.45, 7) is 0. The Morgan fingerprint density at radius 3 is 2.52 bits per heavy atom. The van der Waals surface area contributed by atoms with Gasteiger partial charge in [0.1, 0.15) is 5.75 Å². The van der Waals surface area contributed by atoms with Crippen molar-refractivity contribution in [1.82, 2.24) is 9.78 Å². The van der Waals surface area contributed by atoms with Crippen molar-refractivity contribution in [3.05, 3.63) is 41.2 Å². The fraction of sp³-hybridized carbons (Fsp3) is 0.0833. The van der Waals surface area contributed by atoms with Gasteiger partial charge in [0.15, 0.2) is 5.15 Å². The number of hydrogen-bond acceptors (Lipinski definition) is 3. The number of rotatable bonds is 2. The number of halogens is 5. The molecule has 0 aliphatic heterocycles. The van der Waals surface area contributed by atoms with Gasteiger partial charge in [0.25, 0.3) is 0 Å². The van der Waals surface area contributed by atoms with Crippen LogP contribution in [0.25, 0.3) is 5.69 Å². The summed E-state index contributed by atoms with van der Waals surface area (Å²) >= 11 is 7.95. The van der Waals surface area contributed by atoms with Crippen LogP contribution in [0.1, 0.15) is 5.56 Å². The largest absolute Gasteiger partial charge is 0.573 e. The number of aromatic nitrogens is 2. The van der Waals surface area contributed by atoms with E-state index in [-0.39, 0.29) is 10.9 Å². The molecule has 2 aromatic rings. The van der Waals surface area contributed by atoms with E-state index >= 15 is 0 Å². The Bertz CT molecular complexity index is 691. The van der Waals surface area contributed by atoms with Gasteiger partial charge in [-0.3, -0.25) is 0 Å². The highest BCUT2D eigenvalue weighted by Gasteiger charge is 2.30. The third-order valence-corrected chi connectivity index (χ3v) is 3.35. The van der Waals surface area contributed by atoms with Gasteiger partial charge in [-0.15, -0.1) is 13.2 Å². The molecule has 0 unspecified atom stereocenters. The Hall–Kier alpha value is -1.05. The molecule has 21 heavy (non-hydrogen) atoms. The molecule has 0 saturated heterocycles. The predicted molar refractivity (Wildman–Crippen MR) is 83.7 cm³/mol. The van der Waals surface area contributed by atoms with Crippen molar-refractivity contribution < 1.29 is 17.9 Å². The van der Waals surface area contributed by atoms with Gasteiger partial charge < -0.3 is 4.74 Å². The van der Waals surface area contributed by atoms with Crippen LogP contribution in [0.15, 0.2) is 30.5 Å². The van der Waals surface area contributed by atoms with E-state index in [2.05, 4.69) is 21.0 Å². The highest BCUT2D eigenvalue weighted by Crippen LogP contribution is 2.24. The Kier molecular flexibility index (Phi) is 5.29. The highest BCUT2D eigenvalue weighted by atomic mass is 127. The smallest absolute Gasteiger partial charge is 0.406 e. The predicted octanol–water partition coefficient (Wildman–Crippen LogP) is 4.82. The van der Waals surface area contributed by atoms with E-state index in [1.807, 2.05) is 21.2 Å². The zero-order valence-electron chi connectivity index (χ0n) is 9.99. The topological polar surface area (TPSA) is 27.1 Å². The summed E-state index contributed by atoms with van der Waals surface area (Å²) in [5.41, 5.74) is 1.08. The van der Waals surface area contributed by atoms with Gasteiger partial charge in [-0.05, 0) is 44.4 Å². The van der Waals surface area contributed by atoms with E-state index in [1.54, 1.807) is 6.20 Å². The van der Waals surface area contributed by atoms with Crippen molar-refractivity contribution in [2.45, 2.75) is 6.36 Å². The zero-order valence-corrected chi connectivity index (χ0v) is 13.7. The van der Waals surface area contributed by atoms with Crippen LogP contribution in [0.2, 0.25) is 5.15 Å². The van der Waals surface area contributed by atoms with E-state index in [0.717, 1.165) is 0 Å². The Labute approximate surface area is 139 Å². The van der Waals surface area contributed by atoms with Crippen LogP contribution in [0, 0.1) is 11.2 Å². The molecule has 0 fully saturated rings. The molecule has 3 nitrogen and oxygen atoms in total. The van der Waals surface area contributed by atoms with Crippen LogP contribution in [-0.2, 0) is 0 Å². The monoisotopic (exact) mass is 444 g/mol. The molecule has 0 radical (unpaired) electrons. The summed E-state index contributed by atoms with van der Waals surface area (Å²) in [4.78, 5) is 0. The first-order chi connectivity index (χ1) is 9.89. The zero-order chi connectivity index (χ0) is 15.5. The van der Waals surface area contributed by atoms with Gasteiger partial charge in [-0.1, -0.05) is 11.6 Å². The summed E-state index contributed by atoms with van der Waals surface area (Å²) in [7, 11) is 1.31. The third-order valence-electron chi connectivity index (χ3n) is 2.23. The van der Waals surface area contributed by atoms with Gasteiger partial charge in [-0.2, -0.15) is 5.10 Å². The summed E-state index contributed by atoms with van der Waals surface area (Å²) in [5, 5.41) is 7.04. The van der Waals surface area contributed by atoms with Crippen molar-refractivity contribution in [1.29, 1.82) is 0 Å². The van der Waals surface area contributed by atoms with Gasteiger partial charge in [-0.25, -0.2) is 4.68 Å². The Morgan fingerprint density at radius 2 is 1.95 bits per heavy atom. The van der Waals surface area contributed by atoms with Crippen LogP contribution in [0.5, 0.6) is 5.75 Å². The average molecular weight is 445 g/mol. The molecule has 0 amide bonds. The summed E-state index contributed by atoms with van der Waals surface area (Å²) < 4.78 is 41.4. The van der Waals surface area contributed by atoms with Crippen LogP contribution < -0.4 is 4.74 Å². The molecule has 110 valence electrons. The molecule has 0 N–H and O–H groups in total. The summed E-state index contributed by atoms with van der Waals surface area (Å²) in [6, 6.07) is 5.28. The summed E-state index contributed by atoms with van der Waals surface area (Å²) in [5.74, 6) is 2.51. The number of nitrogens with zero attached hydrogens (tertiary/aromatic N) is 2. The first-order valence-electron chi connectivity index (χ1n) is 5.29. The van der Waals surface area contributed by atoms with Crippen molar-refractivity contribution >= 4 is 41.7 Å². The standard InChI is InChI=1S/C12H5ClF3IN2OS/c13-11-8(5-6-21-17)7-19(18-11)9-1-3-10(4-2-9)20-12(14,15)16/h1-4,7H. The maximum atomic E-state index is 12.1. The van der Waals surface area contributed by atoms with Crippen molar-refractivity contribution in [3.8, 4) is 22.6 Å². The van der Waals surface area contributed by atoms with Crippen molar-refractivity contribution in [2.24, 2.45) is 0 Å². The average Bonchev–Trinajstić information content (AvgIpc) is 2.77. The number of alkyl halides is 3. The lowest BCUT2D eigenvalue weighted by Gasteiger charge is -2.09. The fourth-order valence-corrected chi connectivity index (χ4v) is 2.10. The molecule has 0 atom stereocenters. The maximum absolute atomic E-state index is 12.1. The van der Waals surface area contributed by atoms with Gasteiger partial charge in [0.2, 0.25) is 0 Å².